The first-order valence-electron chi connectivity index (χ1n) is 9.95. The molecule has 0 radical (unpaired) electrons. The van der Waals surface area contributed by atoms with E-state index in [4.69, 9.17) is 0 Å². The highest BCUT2D eigenvalue weighted by Crippen LogP contribution is 2.47. The van der Waals surface area contributed by atoms with E-state index in [0.29, 0.717) is 6.54 Å². The minimum Gasteiger partial charge on any atom is -0.372 e. The average molecular weight is 366 g/mol. The van der Waals surface area contributed by atoms with Crippen molar-refractivity contribution in [1.82, 2.24) is 5.32 Å². The van der Waals surface area contributed by atoms with Gasteiger partial charge in [-0.1, -0.05) is 29.8 Å². The number of hydrogen-bond acceptors (Lipinski definition) is 2. The topological polar surface area (TPSA) is 44.4 Å². The fraction of sp³-hybridized carbons (Fsp3) is 0.435. The van der Waals surface area contributed by atoms with Crippen molar-refractivity contribution in [2.24, 2.45) is 0 Å². The number of urea groups is 1. The van der Waals surface area contributed by atoms with Crippen LogP contribution in [0.2, 0.25) is 0 Å². The van der Waals surface area contributed by atoms with E-state index in [1.54, 1.807) is 0 Å². The summed E-state index contributed by atoms with van der Waals surface area (Å²) in [4.78, 5) is 14.7. The number of carbonyl (C=O) groups excluding carboxylic acids is 1. The second-order valence-corrected chi connectivity index (χ2v) is 7.63. The van der Waals surface area contributed by atoms with E-state index in [-0.39, 0.29) is 11.4 Å². The van der Waals surface area contributed by atoms with Crippen LogP contribution in [0.3, 0.4) is 0 Å². The van der Waals surface area contributed by atoms with Crippen molar-refractivity contribution in [3.05, 3.63) is 59.2 Å². The third-order valence-electron chi connectivity index (χ3n) is 5.69. The molecular weight excluding hydrogens is 334 g/mol. The number of rotatable bonds is 7. The Labute approximate surface area is 163 Å². The number of carbonyl (C=O) groups is 1. The Bertz CT molecular complexity index is 790. The summed E-state index contributed by atoms with van der Waals surface area (Å²) in [6.45, 7) is 11.1. The molecule has 0 atom stereocenters. The molecule has 2 amide bonds. The lowest BCUT2D eigenvalue weighted by atomic mass is 9.95. The van der Waals surface area contributed by atoms with E-state index in [2.05, 4.69) is 72.7 Å². The van der Waals surface area contributed by atoms with Crippen LogP contribution in [0.4, 0.5) is 16.2 Å². The minimum absolute atomic E-state index is 0.118. The van der Waals surface area contributed by atoms with Gasteiger partial charge in [-0.2, -0.15) is 0 Å². The molecular formula is C23H31N3O. The molecule has 0 heterocycles. The highest BCUT2D eigenvalue weighted by atomic mass is 16.2. The number of hydrogen-bond donors (Lipinski definition) is 2. The summed E-state index contributed by atoms with van der Waals surface area (Å²) in [6.07, 6.45) is 2.27. The van der Waals surface area contributed by atoms with Crippen LogP contribution in [-0.4, -0.2) is 25.7 Å². The first kappa shape index (κ1) is 19.3. The zero-order chi connectivity index (χ0) is 19.4. The first-order valence-corrected chi connectivity index (χ1v) is 9.95. The molecule has 0 saturated heterocycles. The fourth-order valence-electron chi connectivity index (χ4n) is 3.62. The monoisotopic (exact) mass is 365 g/mol. The van der Waals surface area contributed by atoms with Gasteiger partial charge in [0.15, 0.2) is 0 Å². The molecule has 4 nitrogen and oxygen atoms in total. The molecule has 0 spiro atoms. The first-order chi connectivity index (χ1) is 13.0. The number of nitrogens with one attached hydrogen (secondary N) is 2. The molecule has 0 aliphatic heterocycles. The molecule has 0 unspecified atom stereocenters. The van der Waals surface area contributed by atoms with Crippen LogP contribution in [0.15, 0.2) is 42.5 Å². The van der Waals surface area contributed by atoms with Crippen LogP contribution < -0.4 is 15.5 Å². The van der Waals surface area contributed by atoms with Crippen LogP contribution >= 0.6 is 0 Å². The molecule has 1 aliphatic carbocycles. The van der Waals surface area contributed by atoms with Gasteiger partial charge in [-0.3, -0.25) is 0 Å². The van der Waals surface area contributed by atoms with Crippen molar-refractivity contribution >= 4 is 17.4 Å². The van der Waals surface area contributed by atoms with Crippen LogP contribution in [-0.2, 0) is 5.41 Å². The Morgan fingerprint density at radius 3 is 2.26 bits per heavy atom. The standard InChI is InChI=1S/C23H31N3O/c1-5-26(6-2)20-11-12-21(18(4)15-20)25-22(27)24-16-23(13-14-23)19-9-7-17(3)8-10-19/h7-12,15H,5-6,13-14,16H2,1-4H3,(H2,24,25,27). The number of amides is 2. The Hall–Kier alpha value is -2.49. The van der Waals surface area contributed by atoms with Gasteiger partial charge in [0.05, 0.1) is 0 Å². The third-order valence-corrected chi connectivity index (χ3v) is 5.69. The van der Waals surface area contributed by atoms with Crippen molar-refractivity contribution in [3.63, 3.8) is 0 Å². The summed E-state index contributed by atoms with van der Waals surface area (Å²) < 4.78 is 0. The van der Waals surface area contributed by atoms with Gasteiger partial charge < -0.3 is 15.5 Å². The van der Waals surface area contributed by atoms with E-state index in [1.807, 2.05) is 13.0 Å². The van der Waals surface area contributed by atoms with Crippen LogP contribution in [0.25, 0.3) is 0 Å². The van der Waals surface area contributed by atoms with E-state index >= 15 is 0 Å². The van der Waals surface area contributed by atoms with Gasteiger partial charge >= 0.3 is 6.03 Å². The lowest BCUT2D eigenvalue weighted by Crippen LogP contribution is -2.35. The van der Waals surface area contributed by atoms with Gasteiger partial charge in [-0.25, -0.2) is 4.79 Å². The molecule has 2 aromatic carbocycles. The Balaban J connectivity index is 1.59. The number of nitrogens with zero attached hydrogens (tertiary/aromatic N) is 1. The van der Waals surface area contributed by atoms with Gasteiger partial charge in [-0.15, -0.1) is 0 Å². The SMILES string of the molecule is CCN(CC)c1ccc(NC(=O)NCC2(c3ccc(C)cc3)CC2)c(C)c1. The highest BCUT2D eigenvalue weighted by molar-refractivity contribution is 5.90. The Morgan fingerprint density at radius 2 is 1.70 bits per heavy atom. The maximum atomic E-state index is 12.4. The maximum absolute atomic E-state index is 12.4. The molecule has 2 N–H and O–H groups in total. The quantitative estimate of drug-likeness (QED) is 0.725. The summed E-state index contributed by atoms with van der Waals surface area (Å²) in [5, 5.41) is 6.08. The third kappa shape index (κ3) is 4.44. The molecule has 2 aromatic rings. The summed E-state index contributed by atoms with van der Waals surface area (Å²) in [7, 11) is 0. The van der Waals surface area contributed by atoms with E-state index in [0.717, 1.165) is 37.2 Å². The molecule has 0 aromatic heterocycles. The van der Waals surface area contributed by atoms with Crippen molar-refractivity contribution < 1.29 is 4.79 Å². The van der Waals surface area contributed by atoms with Gasteiger partial charge in [0, 0.05) is 36.4 Å². The maximum Gasteiger partial charge on any atom is 0.319 e. The van der Waals surface area contributed by atoms with Crippen LogP contribution in [0.5, 0.6) is 0 Å². The molecule has 27 heavy (non-hydrogen) atoms. The normalized spacial score (nSPS) is 14.5. The number of anilines is 2. The van der Waals surface area contributed by atoms with Crippen molar-refractivity contribution in [3.8, 4) is 0 Å². The van der Waals surface area contributed by atoms with Gasteiger partial charge in [0.2, 0.25) is 0 Å². The molecule has 4 heteroatoms. The van der Waals surface area contributed by atoms with E-state index in [1.165, 1.54) is 16.8 Å². The number of aryl methyl sites for hydroxylation is 2. The molecule has 0 bridgehead atoms. The number of benzene rings is 2. The lowest BCUT2D eigenvalue weighted by Gasteiger charge is -2.22. The molecule has 3 rings (SSSR count). The molecule has 1 fully saturated rings. The van der Waals surface area contributed by atoms with Crippen molar-refractivity contribution in [2.45, 2.75) is 46.0 Å². The summed E-state index contributed by atoms with van der Waals surface area (Å²) in [5.41, 5.74) is 5.85. The van der Waals surface area contributed by atoms with Crippen molar-refractivity contribution in [2.75, 3.05) is 29.9 Å². The van der Waals surface area contributed by atoms with Gasteiger partial charge in [0.25, 0.3) is 0 Å². The largest absolute Gasteiger partial charge is 0.372 e. The van der Waals surface area contributed by atoms with E-state index < -0.39 is 0 Å². The zero-order valence-electron chi connectivity index (χ0n) is 16.9. The summed E-state index contributed by atoms with van der Waals surface area (Å²) in [5.74, 6) is 0. The fourth-order valence-corrected chi connectivity index (χ4v) is 3.62. The summed E-state index contributed by atoms with van der Waals surface area (Å²) >= 11 is 0. The predicted molar refractivity (Wildman–Crippen MR) is 114 cm³/mol. The second-order valence-electron chi connectivity index (χ2n) is 7.63. The van der Waals surface area contributed by atoms with Crippen molar-refractivity contribution in [1.29, 1.82) is 0 Å². The van der Waals surface area contributed by atoms with Gasteiger partial charge in [-0.05, 0) is 69.9 Å². The predicted octanol–water partition coefficient (Wildman–Crippen LogP) is 5.00. The molecule has 1 saturated carbocycles. The smallest absolute Gasteiger partial charge is 0.319 e. The van der Waals surface area contributed by atoms with Gasteiger partial charge in [0.1, 0.15) is 0 Å². The Morgan fingerprint density at radius 1 is 1.04 bits per heavy atom. The Kier molecular flexibility index (Phi) is 5.73. The summed E-state index contributed by atoms with van der Waals surface area (Å²) in [6, 6.07) is 14.8. The molecule has 144 valence electrons. The lowest BCUT2D eigenvalue weighted by molar-refractivity contribution is 0.251. The highest BCUT2D eigenvalue weighted by Gasteiger charge is 2.44. The zero-order valence-corrected chi connectivity index (χ0v) is 16.9. The van der Waals surface area contributed by atoms with Crippen LogP contribution in [0.1, 0.15) is 43.4 Å². The minimum atomic E-state index is -0.132. The van der Waals surface area contributed by atoms with Crippen LogP contribution in [0, 0.1) is 13.8 Å². The van der Waals surface area contributed by atoms with E-state index in [9.17, 15) is 4.79 Å². The average Bonchev–Trinajstić information content (AvgIpc) is 3.45. The second kappa shape index (κ2) is 8.03. The molecule has 1 aliphatic rings.